The van der Waals surface area contributed by atoms with Gasteiger partial charge in [0.05, 0.1) is 23.3 Å². The summed E-state index contributed by atoms with van der Waals surface area (Å²) in [5, 5.41) is 0. The van der Waals surface area contributed by atoms with Crippen molar-refractivity contribution in [3.05, 3.63) is 59.7 Å². The Kier molecular flexibility index (Phi) is 9.06. The standard InChI is InChI=1S/C20H22O5.C2H6/c1-13(2)23-19(21)15-5-9-17(10-6-15)25-18-11-7-16(8-12-18)20(22)24-14(3)4;1-2/h5-14H,1-4H3;1-2H3. The van der Waals surface area contributed by atoms with E-state index < -0.39 is 0 Å². The van der Waals surface area contributed by atoms with Gasteiger partial charge in [0.1, 0.15) is 11.5 Å². The minimum Gasteiger partial charge on any atom is -0.459 e. The second-order valence-corrected chi connectivity index (χ2v) is 6.06. The van der Waals surface area contributed by atoms with Gasteiger partial charge in [0.15, 0.2) is 0 Å². The average molecular weight is 372 g/mol. The minimum atomic E-state index is -0.366. The molecule has 2 rings (SSSR count). The number of ether oxygens (including phenoxy) is 3. The molecule has 0 aliphatic rings. The SMILES string of the molecule is CC.CC(C)OC(=O)c1ccc(Oc2ccc(C(=O)OC(C)C)cc2)cc1. The van der Waals surface area contributed by atoms with Crippen LogP contribution in [0.5, 0.6) is 11.5 Å². The zero-order chi connectivity index (χ0) is 20.4. The highest BCUT2D eigenvalue weighted by atomic mass is 16.5. The van der Waals surface area contributed by atoms with Crippen molar-refractivity contribution in [2.75, 3.05) is 0 Å². The highest BCUT2D eigenvalue weighted by Crippen LogP contribution is 2.22. The Hall–Kier alpha value is -2.82. The van der Waals surface area contributed by atoms with Crippen molar-refractivity contribution in [1.29, 1.82) is 0 Å². The lowest BCUT2D eigenvalue weighted by atomic mass is 10.2. The summed E-state index contributed by atoms with van der Waals surface area (Å²) >= 11 is 0. The molecule has 0 heterocycles. The number of benzene rings is 2. The quantitative estimate of drug-likeness (QED) is 0.615. The summed E-state index contributed by atoms with van der Waals surface area (Å²) in [5.74, 6) is 0.432. The van der Waals surface area contributed by atoms with E-state index in [1.807, 2.05) is 13.8 Å². The average Bonchev–Trinajstić information content (AvgIpc) is 2.63. The molecule has 0 unspecified atom stereocenters. The third-order valence-corrected chi connectivity index (χ3v) is 3.10. The zero-order valence-corrected chi connectivity index (χ0v) is 16.8. The van der Waals surface area contributed by atoms with Gasteiger partial charge in [-0.3, -0.25) is 0 Å². The first-order chi connectivity index (χ1) is 12.8. The smallest absolute Gasteiger partial charge is 0.338 e. The van der Waals surface area contributed by atoms with E-state index in [0.29, 0.717) is 22.6 Å². The van der Waals surface area contributed by atoms with E-state index in [1.165, 1.54) is 0 Å². The second-order valence-electron chi connectivity index (χ2n) is 6.06. The molecule has 0 fully saturated rings. The van der Waals surface area contributed by atoms with Crippen molar-refractivity contribution in [1.82, 2.24) is 0 Å². The van der Waals surface area contributed by atoms with Gasteiger partial charge in [0.25, 0.3) is 0 Å². The summed E-state index contributed by atoms with van der Waals surface area (Å²) in [4.78, 5) is 23.6. The molecule has 0 spiro atoms. The minimum absolute atomic E-state index is 0.163. The molecule has 0 aliphatic carbocycles. The van der Waals surface area contributed by atoms with Crippen LogP contribution in [0, 0.1) is 0 Å². The number of carbonyl (C=O) groups excluding carboxylic acids is 2. The molecule has 0 amide bonds. The molecule has 2 aromatic carbocycles. The maximum absolute atomic E-state index is 11.8. The molecule has 0 bridgehead atoms. The van der Waals surface area contributed by atoms with Crippen LogP contribution in [0.4, 0.5) is 0 Å². The van der Waals surface area contributed by atoms with Crippen molar-refractivity contribution < 1.29 is 23.8 Å². The Morgan fingerprint density at radius 3 is 1.19 bits per heavy atom. The van der Waals surface area contributed by atoms with Crippen LogP contribution in [0.3, 0.4) is 0 Å². The van der Waals surface area contributed by atoms with Gasteiger partial charge >= 0.3 is 11.9 Å². The van der Waals surface area contributed by atoms with E-state index in [-0.39, 0.29) is 24.1 Å². The third-order valence-electron chi connectivity index (χ3n) is 3.10. The van der Waals surface area contributed by atoms with Crippen LogP contribution in [0.25, 0.3) is 0 Å². The summed E-state index contributed by atoms with van der Waals surface area (Å²) in [6.45, 7) is 11.2. The molecule has 0 radical (unpaired) electrons. The van der Waals surface area contributed by atoms with E-state index in [4.69, 9.17) is 14.2 Å². The highest BCUT2D eigenvalue weighted by molar-refractivity contribution is 5.90. The number of esters is 2. The highest BCUT2D eigenvalue weighted by Gasteiger charge is 2.11. The molecule has 2 aromatic rings. The molecular formula is C22H28O5. The first kappa shape index (κ1) is 22.2. The summed E-state index contributed by atoms with van der Waals surface area (Å²) in [5.41, 5.74) is 0.931. The Morgan fingerprint density at radius 2 is 0.926 bits per heavy atom. The maximum atomic E-state index is 11.8. The van der Waals surface area contributed by atoms with Gasteiger partial charge in [-0.25, -0.2) is 9.59 Å². The van der Waals surface area contributed by atoms with Crippen LogP contribution >= 0.6 is 0 Å². The second kappa shape index (κ2) is 11.0. The van der Waals surface area contributed by atoms with Crippen LogP contribution in [-0.2, 0) is 9.47 Å². The van der Waals surface area contributed by atoms with E-state index in [1.54, 1.807) is 76.2 Å². The van der Waals surface area contributed by atoms with Crippen molar-refractivity contribution in [3.8, 4) is 11.5 Å². The van der Waals surface area contributed by atoms with Gasteiger partial charge in [-0.2, -0.15) is 0 Å². The Labute approximate surface area is 161 Å². The van der Waals surface area contributed by atoms with Crippen molar-refractivity contribution in [3.63, 3.8) is 0 Å². The zero-order valence-electron chi connectivity index (χ0n) is 16.8. The predicted molar refractivity (Wildman–Crippen MR) is 105 cm³/mol. The summed E-state index contributed by atoms with van der Waals surface area (Å²) in [6, 6.07) is 13.4. The lowest BCUT2D eigenvalue weighted by Crippen LogP contribution is -2.11. The van der Waals surface area contributed by atoms with E-state index in [2.05, 4.69) is 0 Å². The van der Waals surface area contributed by atoms with Gasteiger partial charge in [-0.05, 0) is 76.2 Å². The molecule has 146 valence electrons. The summed E-state index contributed by atoms with van der Waals surface area (Å²) < 4.78 is 16.0. The topological polar surface area (TPSA) is 61.8 Å². The first-order valence-corrected chi connectivity index (χ1v) is 9.15. The van der Waals surface area contributed by atoms with Gasteiger partial charge in [0, 0.05) is 0 Å². The van der Waals surface area contributed by atoms with Crippen molar-refractivity contribution in [2.24, 2.45) is 0 Å². The van der Waals surface area contributed by atoms with Crippen LogP contribution in [0.15, 0.2) is 48.5 Å². The first-order valence-electron chi connectivity index (χ1n) is 9.15. The van der Waals surface area contributed by atoms with Crippen LogP contribution in [0.2, 0.25) is 0 Å². The number of hydrogen-bond acceptors (Lipinski definition) is 5. The molecule has 0 saturated heterocycles. The van der Waals surface area contributed by atoms with Gasteiger partial charge < -0.3 is 14.2 Å². The van der Waals surface area contributed by atoms with E-state index >= 15 is 0 Å². The van der Waals surface area contributed by atoms with Crippen molar-refractivity contribution in [2.45, 2.75) is 53.8 Å². The molecule has 5 nitrogen and oxygen atoms in total. The fourth-order valence-corrected chi connectivity index (χ4v) is 2.02. The van der Waals surface area contributed by atoms with E-state index in [0.717, 1.165) is 0 Å². The molecule has 27 heavy (non-hydrogen) atoms. The molecule has 0 aliphatic heterocycles. The largest absolute Gasteiger partial charge is 0.459 e. The van der Waals surface area contributed by atoms with Crippen molar-refractivity contribution >= 4 is 11.9 Å². The van der Waals surface area contributed by atoms with Gasteiger partial charge in [-0.1, -0.05) is 13.8 Å². The molecule has 0 saturated carbocycles. The number of hydrogen-bond donors (Lipinski definition) is 0. The van der Waals surface area contributed by atoms with Crippen LogP contribution in [-0.4, -0.2) is 24.1 Å². The summed E-state index contributed by atoms with van der Waals surface area (Å²) in [6.07, 6.45) is -0.325. The maximum Gasteiger partial charge on any atom is 0.338 e. The lowest BCUT2D eigenvalue weighted by Gasteiger charge is -2.10. The third kappa shape index (κ3) is 7.52. The number of rotatable bonds is 6. The fraction of sp³-hybridized carbons (Fsp3) is 0.364. The van der Waals surface area contributed by atoms with Crippen LogP contribution < -0.4 is 4.74 Å². The Balaban J connectivity index is 0.00000176. The Bertz CT molecular complexity index is 652. The number of carbonyl (C=O) groups is 2. The molecular weight excluding hydrogens is 344 g/mol. The molecule has 5 heteroatoms. The Morgan fingerprint density at radius 1 is 0.630 bits per heavy atom. The fourth-order valence-electron chi connectivity index (χ4n) is 2.02. The van der Waals surface area contributed by atoms with Gasteiger partial charge in [0.2, 0.25) is 0 Å². The van der Waals surface area contributed by atoms with Crippen LogP contribution in [0.1, 0.15) is 62.3 Å². The normalized spacial score (nSPS) is 10.1. The molecule has 0 atom stereocenters. The molecule has 0 N–H and O–H groups in total. The molecule has 0 aromatic heterocycles. The predicted octanol–water partition coefficient (Wildman–Crippen LogP) is 5.64. The van der Waals surface area contributed by atoms with Gasteiger partial charge in [-0.15, -0.1) is 0 Å². The lowest BCUT2D eigenvalue weighted by molar-refractivity contribution is 0.0367. The van der Waals surface area contributed by atoms with E-state index in [9.17, 15) is 9.59 Å². The monoisotopic (exact) mass is 372 g/mol. The summed E-state index contributed by atoms with van der Waals surface area (Å²) in [7, 11) is 0.